The topological polar surface area (TPSA) is 99.6 Å². The van der Waals surface area contributed by atoms with Crippen molar-refractivity contribution >= 4 is 17.5 Å². The molecule has 0 unspecified atom stereocenters. The van der Waals surface area contributed by atoms with Gasteiger partial charge in [-0.1, -0.05) is 0 Å². The molecule has 0 bridgehead atoms. The number of amides is 2. The molecule has 0 aliphatic carbocycles. The number of nitrogens with zero attached hydrogens (tertiary/aromatic N) is 4. The normalized spacial score (nSPS) is 19.4. The van der Waals surface area contributed by atoms with E-state index >= 15 is 0 Å². The lowest BCUT2D eigenvalue weighted by atomic mass is 10.1. The maximum atomic E-state index is 12.7. The summed E-state index contributed by atoms with van der Waals surface area (Å²) in [6.07, 6.45) is 6.62. The first-order valence-electron chi connectivity index (χ1n) is 7.76. The summed E-state index contributed by atoms with van der Waals surface area (Å²) in [5.41, 5.74) is 6.30. The molecule has 0 aromatic carbocycles. The Bertz CT molecular complexity index is 808. The lowest BCUT2D eigenvalue weighted by Gasteiger charge is -2.33. The van der Waals surface area contributed by atoms with Crippen molar-refractivity contribution in [2.45, 2.75) is 25.9 Å². The molecular weight excluding hydrogens is 320 g/mol. The molecule has 2 N–H and O–H groups in total. The summed E-state index contributed by atoms with van der Waals surface area (Å²) < 4.78 is 0. The van der Waals surface area contributed by atoms with Crippen molar-refractivity contribution in [3.8, 4) is 0 Å². The first kappa shape index (κ1) is 16.7. The maximum absolute atomic E-state index is 12.7. The van der Waals surface area contributed by atoms with Gasteiger partial charge in [0.15, 0.2) is 0 Å². The van der Waals surface area contributed by atoms with E-state index in [0.29, 0.717) is 17.5 Å². The maximum Gasteiger partial charge on any atom is 0.277 e. The third-order valence-electron chi connectivity index (χ3n) is 3.81. The van der Waals surface area contributed by atoms with Gasteiger partial charge in [0, 0.05) is 36.9 Å². The van der Waals surface area contributed by atoms with Crippen molar-refractivity contribution in [1.82, 2.24) is 25.8 Å². The second-order valence-electron chi connectivity index (χ2n) is 5.97. The lowest BCUT2D eigenvalue weighted by molar-refractivity contribution is 0.0438. The first-order chi connectivity index (χ1) is 12.0. The average molecular weight is 338 g/mol. The van der Waals surface area contributed by atoms with Gasteiger partial charge < -0.3 is 0 Å². The van der Waals surface area contributed by atoms with E-state index in [1.165, 1.54) is 17.4 Å². The number of hydrazine groups is 1. The summed E-state index contributed by atoms with van der Waals surface area (Å²) in [6.45, 7) is 3.63. The molecule has 1 atom stereocenters. The van der Waals surface area contributed by atoms with E-state index in [2.05, 4.69) is 25.9 Å². The van der Waals surface area contributed by atoms with Gasteiger partial charge in [0.1, 0.15) is 5.66 Å². The second kappa shape index (κ2) is 6.78. The molecule has 8 heteroatoms. The summed E-state index contributed by atoms with van der Waals surface area (Å²) >= 11 is 0. The largest absolute Gasteiger partial charge is 0.285 e. The second-order valence-corrected chi connectivity index (χ2v) is 5.97. The molecule has 3 heterocycles. The molecule has 0 saturated heterocycles. The zero-order valence-corrected chi connectivity index (χ0v) is 13.9. The molecule has 8 nitrogen and oxygen atoms in total. The summed E-state index contributed by atoms with van der Waals surface area (Å²) in [6, 6.07) is 6.70. The van der Waals surface area contributed by atoms with Crippen molar-refractivity contribution in [1.29, 1.82) is 0 Å². The molecule has 3 rings (SSSR count). The molecule has 0 fully saturated rings. The smallest absolute Gasteiger partial charge is 0.277 e. The summed E-state index contributed by atoms with van der Waals surface area (Å²) in [5.74, 6) is -0.636. The van der Waals surface area contributed by atoms with E-state index in [4.69, 9.17) is 0 Å². The fourth-order valence-electron chi connectivity index (χ4n) is 2.63. The van der Waals surface area contributed by atoms with Crippen LogP contribution in [0.3, 0.4) is 0 Å². The van der Waals surface area contributed by atoms with E-state index in [1.807, 2.05) is 6.92 Å². The Balaban J connectivity index is 1.75. The van der Waals surface area contributed by atoms with Crippen LogP contribution in [0, 0.1) is 0 Å². The monoisotopic (exact) mass is 338 g/mol. The number of aromatic nitrogens is 2. The summed E-state index contributed by atoms with van der Waals surface area (Å²) in [4.78, 5) is 32.8. The van der Waals surface area contributed by atoms with E-state index < -0.39 is 5.66 Å². The highest BCUT2D eigenvalue weighted by molar-refractivity contribution is 5.98. The fraction of sp³-hybridized carbons (Fsp3) is 0.235. The van der Waals surface area contributed by atoms with Crippen molar-refractivity contribution in [2.24, 2.45) is 5.10 Å². The number of carbonyl (C=O) groups excluding carboxylic acids is 2. The van der Waals surface area contributed by atoms with Crippen molar-refractivity contribution in [3.63, 3.8) is 0 Å². The third-order valence-corrected chi connectivity index (χ3v) is 3.81. The van der Waals surface area contributed by atoms with Crippen molar-refractivity contribution < 1.29 is 9.59 Å². The average Bonchev–Trinajstić information content (AvgIpc) is 2.95. The highest BCUT2D eigenvalue weighted by atomic mass is 16.2. The minimum Gasteiger partial charge on any atom is -0.285 e. The minimum atomic E-state index is -0.880. The Kier molecular flexibility index (Phi) is 4.53. The predicted molar refractivity (Wildman–Crippen MR) is 91.4 cm³/mol. The number of hydrazone groups is 1. The van der Waals surface area contributed by atoms with Crippen LogP contribution in [0.5, 0.6) is 0 Å². The van der Waals surface area contributed by atoms with Crippen LogP contribution in [0.1, 0.15) is 41.0 Å². The Morgan fingerprint density at radius 1 is 1.12 bits per heavy atom. The van der Waals surface area contributed by atoms with E-state index in [1.54, 1.807) is 43.6 Å². The van der Waals surface area contributed by atoms with Crippen LogP contribution in [-0.2, 0) is 0 Å². The van der Waals surface area contributed by atoms with Crippen molar-refractivity contribution in [3.05, 3.63) is 60.2 Å². The van der Waals surface area contributed by atoms with Crippen LogP contribution in [0.2, 0.25) is 0 Å². The third kappa shape index (κ3) is 3.53. The number of rotatable bonds is 4. The van der Waals surface area contributed by atoms with Gasteiger partial charge in [-0.15, -0.1) is 0 Å². The Hall–Kier alpha value is -3.13. The van der Waals surface area contributed by atoms with Gasteiger partial charge in [-0.3, -0.25) is 25.0 Å². The molecule has 0 saturated carbocycles. The van der Waals surface area contributed by atoms with Gasteiger partial charge in [0.25, 0.3) is 11.8 Å². The van der Waals surface area contributed by atoms with Crippen LogP contribution in [0.25, 0.3) is 0 Å². The van der Waals surface area contributed by atoms with Gasteiger partial charge >= 0.3 is 0 Å². The number of carbonyl (C=O) groups is 2. The molecule has 0 radical (unpaired) electrons. The van der Waals surface area contributed by atoms with Gasteiger partial charge in [-0.25, -0.2) is 10.4 Å². The highest BCUT2D eigenvalue weighted by Crippen LogP contribution is 2.26. The quantitative estimate of drug-likeness (QED) is 0.820. The lowest BCUT2D eigenvalue weighted by Crippen LogP contribution is -2.60. The SMILES string of the molecule is CC1=NN(C(=O)c2cccnc2)[C@@](C)(NNC(=O)c2cccnc2)C1. The molecule has 25 heavy (non-hydrogen) atoms. The van der Waals surface area contributed by atoms with Crippen LogP contribution >= 0.6 is 0 Å². The highest BCUT2D eigenvalue weighted by Gasteiger charge is 2.41. The zero-order chi connectivity index (χ0) is 17.9. The molecule has 0 spiro atoms. The molecule has 1 aliphatic rings. The van der Waals surface area contributed by atoms with Crippen LogP contribution in [0.15, 0.2) is 54.2 Å². The van der Waals surface area contributed by atoms with Gasteiger partial charge in [0.2, 0.25) is 0 Å². The van der Waals surface area contributed by atoms with Crippen LogP contribution in [0.4, 0.5) is 0 Å². The number of nitrogens with one attached hydrogen (secondary N) is 2. The summed E-state index contributed by atoms with van der Waals surface area (Å²) in [7, 11) is 0. The number of hydrogen-bond acceptors (Lipinski definition) is 6. The zero-order valence-electron chi connectivity index (χ0n) is 13.9. The molecule has 128 valence electrons. The standard InChI is InChI=1S/C17H18N6O2/c1-12-9-17(2,22-20-15(24)13-5-3-7-18-10-13)23(21-12)16(25)14-6-4-8-19-11-14/h3-8,10-11,22H,9H2,1-2H3,(H,20,24)/t17-/m1/s1. The van der Waals surface area contributed by atoms with Crippen molar-refractivity contribution in [2.75, 3.05) is 0 Å². The van der Waals surface area contributed by atoms with Gasteiger partial charge in [-0.2, -0.15) is 5.10 Å². The first-order valence-corrected chi connectivity index (χ1v) is 7.76. The Labute approximate surface area is 144 Å². The van der Waals surface area contributed by atoms with E-state index in [9.17, 15) is 9.59 Å². The molecular formula is C17H18N6O2. The van der Waals surface area contributed by atoms with Gasteiger partial charge in [0.05, 0.1) is 11.1 Å². The Morgan fingerprint density at radius 2 is 1.76 bits per heavy atom. The van der Waals surface area contributed by atoms with Gasteiger partial charge in [-0.05, 0) is 38.1 Å². The number of hydrogen-bond donors (Lipinski definition) is 2. The number of pyridine rings is 2. The molecule has 2 aromatic rings. The van der Waals surface area contributed by atoms with E-state index in [-0.39, 0.29) is 11.8 Å². The predicted octanol–water partition coefficient (Wildman–Crippen LogP) is 1.35. The van der Waals surface area contributed by atoms with Crippen LogP contribution in [-0.4, -0.2) is 38.2 Å². The van der Waals surface area contributed by atoms with E-state index in [0.717, 1.165) is 5.71 Å². The fourth-order valence-corrected chi connectivity index (χ4v) is 2.63. The summed E-state index contributed by atoms with van der Waals surface area (Å²) in [5, 5.41) is 5.65. The Morgan fingerprint density at radius 3 is 2.36 bits per heavy atom. The molecule has 2 amide bonds. The molecule has 2 aromatic heterocycles. The molecule has 1 aliphatic heterocycles. The minimum absolute atomic E-state index is 0.296. The van der Waals surface area contributed by atoms with Crippen LogP contribution < -0.4 is 10.9 Å².